The first-order chi connectivity index (χ1) is 14.0. The van der Waals surface area contributed by atoms with Crippen LogP contribution in [0.3, 0.4) is 0 Å². The van der Waals surface area contributed by atoms with E-state index in [1.807, 2.05) is 12.1 Å². The van der Waals surface area contributed by atoms with Crippen LogP contribution in [0.25, 0.3) is 11.3 Å². The summed E-state index contributed by atoms with van der Waals surface area (Å²) in [4.78, 5) is 14.9. The Bertz CT molecular complexity index is 1020. The molecule has 0 spiro atoms. The number of amides is 1. The molecular weight excluding hydrogens is 366 g/mol. The molecule has 0 fully saturated rings. The number of phenols is 1. The molecule has 2 aromatic carbocycles. The van der Waals surface area contributed by atoms with Gasteiger partial charge in [-0.15, -0.1) is 0 Å². The van der Waals surface area contributed by atoms with Gasteiger partial charge in [0, 0.05) is 24.8 Å². The SMILES string of the molecule is COCCN1C(=O)c2[nH]nc(-c3ccccc3O)c2C1c1ccc(C(C)C)cc1. The van der Waals surface area contributed by atoms with Crippen molar-refractivity contribution in [1.82, 2.24) is 15.1 Å². The van der Waals surface area contributed by atoms with Gasteiger partial charge in [-0.05, 0) is 29.2 Å². The monoisotopic (exact) mass is 391 g/mol. The molecule has 2 N–H and O–H groups in total. The Morgan fingerprint density at radius 2 is 1.90 bits per heavy atom. The standard InChI is InChI=1S/C23H25N3O3/c1-14(2)15-8-10-16(11-9-15)22-19-20(17-6-4-5-7-18(17)27)24-25-21(19)23(28)26(22)12-13-29-3/h4-11,14,22,27H,12-13H2,1-3H3,(H,24,25). The second-order valence-corrected chi connectivity index (χ2v) is 7.59. The fourth-order valence-corrected chi connectivity index (χ4v) is 3.91. The molecule has 150 valence electrons. The molecule has 0 radical (unpaired) electrons. The number of nitrogens with one attached hydrogen (secondary N) is 1. The van der Waals surface area contributed by atoms with Gasteiger partial charge in [-0.25, -0.2) is 0 Å². The minimum Gasteiger partial charge on any atom is -0.507 e. The highest BCUT2D eigenvalue weighted by Gasteiger charge is 2.42. The Morgan fingerprint density at radius 3 is 2.55 bits per heavy atom. The van der Waals surface area contributed by atoms with E-state index in [1.165, 1.54) is 5.56 Å². The number of nitrogens with zero attached hydrogens (tertiary/aromatic N) is 2. The molecule has 6 heteroatoms. The Labute approximate surface area is 170 Å². The van der Waals surface area contributed by atoms with Crippen LogP contribution in [-0.4, -0.2) is 46.4 Å². The molecular formula is C23H25N3O3. The van der Waals surface area contributed by atoms with Gasteiger partial charge in [-0.1, -0.05) is 50.2 Å². The van der Waals surface area contributed by atoms with E-state index in [2.05, 4.69) is 48.3 Å². The Kier molecular flexibility index (Phi) is 5.11. The Balaban J connectivity index is 1.85. The lowest BCUT2D eigenvalue weighted by Gasteiger charge is -2.26. The van der Waals surface area contributed by atoms with E-state index in [4.69, 9.17) is 4.74 Å². The van der Waals surface area contributed by atoms with Crippen LogP contribution < -0.4 is 0 Å². The van der Waals surface area contributed by atoms with E-state index in [0.29, 0.717) is 36.0 Å². The van der Waals surface area contributed by atoms with Crippen LogP contribution in [0.15, 0.2) is 48.5 Å². The van der Waals surface area contributed by atoms with E-state index in [0.717, 1.165) is 11.1 Å². The number of fused-ring (bicyclic) bond motifs is 1. The normalized spacial score (nSPS) is 15.9. The van der Waals surface area contributed by atoms with Crippen molar-refractivity contribution in [3.8, 4) is 17.0 Å². The van der Waals surface area contributed by atoms with Crippen molar-refractivity contribution in [2.75, 3.05) is 20.3 Å². The van der Waals surface area contributed by atoms with Gasteiger partial charge in [0.25, 0.3) is 5.91 Å². The summed E-state index contributed by atoms with van der Waals surface area (Å²) in [5, 5.41) is 17.7. The second-order valence-electron chi connectivity index (χ2n) is 7.59. The maximum Gasteiger partial charge on any atom is 0.273 e. The zero-order valence-electron chi connectivity index (χ0n) is 16.8. The zero-order chi connectivity index (χ0) is 20.5. The Hall–Kier alpha value is -3.12. The quantitative estimate of drug-likeness (QED) is 0.663. The van der Waals surface area contributed by atoms with Gasteiger partial charge in [0.15, 0.2) is 0 Å². The minimum atomic E-state index is -0.290. The molecule has 1 atom stereocenters. The number of benzene rings is 2. The lowest BCUT2D eigenvalue weighted by Crippen LogP contribution is -2.32. The first kappa shape index (κ1) is 19.2. The Morgan fingerprint density at radius 1 is 1.17 bits per heavy atom. The molecule has 1 unspecified atom stereocenters. The van der Waals surface area contributed by atoms with Crippen molar-refractivity contribution >= 4 is 5.91 Å². The van der Waals surface area contributed by atoms with Crippen molar-refractivity contribution in [2.45, 2.75) is 25.8 Å². The first-order valence-corrected chi connectivity index (χ1v) is 9.79. The van der Waals surface area contributed by atoms with Gasteiger partial charge < -0.3 is 14.7 Å². The topological polar surface area (TPSA) is 78.5 Å². The highest BCUT2D eigenvalue weighted by molar-refractivity contribution is 6.00. The number of aromatic amines is 1. The lowest BCUT2D eigenvalue weighted by molar-refractivity contribution is 0.0677. The molecule has 29 heavy (non-hydrogen) atoms. The van der Waals surface area contributed by atoms with Crippen molar-refractivity contribution in [1.29, 1.82) is 0 Å². The molecule has 6 nitrogen and oxygen atoms in total. The van der Waals surface area contributed by atoms with E-state index in [1.54, 1.807) is 24.1 Å². The summed E-state index contributed by atoms with van der Waals surface area (Å²) in [6.07, 6.45) is 0. The van der Waals surface area contributed by atoms with Crippen molar-refractivity contribution in [2.24, 2.45) is 0 Å². The van der Waals surface area contributed by atoms with Crippen LogP contribution in [0.2, 0.25) is 0 Å². The molecule has 0 aliphatic carbocycles. The number of hydrogen-bond acceptors (Lipinski definition) is 4. The lowest BCUT2D eigenvalue weighted by atomic mass is 9.93. The summed E-state index contributed by atoms with van der Waals surface area (Å²) in [5.74, 6) is 0.461. The molecule has 0 bridgehead atoms. The number of carbonyl (C=O) groups excluding carboxylic acids is 1. The molecule has 2 heterocycles. The number of para-hydroxylation sites is 1. The first-order valence-electron chi connectivity index (χ1n) is 9.79. The zero-order valence-corrected chi connectivity index (χ0v) is 16.8. The maximum atomic E-state index is 13.1. The van der Waals surface area contributed by atoms with E-state index >= 15 is 0 Å². The highest BCUT2D eigenvalue weighted by atomic mass is 16.5. The highest BCUT2D eigenvalue weighted by Crippen LogP contribution is 2.44. The predicted octanol–water partition coefficient (Wildman–Crippen LogP) is 4.10. The van der Waals surface area contributed by atoms with Crippen LogP contribution in [-0.2, 0) is 4.74 Å². The van der Waals surface area contributed by atoms with Crippen molar-refractivity contribution in [3.05, 3.63) is 70.9 Å². The van der Waals surface area contributed by atoms with Gasteiger partial charge in [-0.2, -0.15) is 5.10 Å². The molecule has 1 aromatic heterocycles. The number of ether oxygens (including phenoxy) is 1. The smallest absolute Gasteiger partial charge is 0.273 e. The van der Waals surface area contributed by atoms with Crippen molar-refractivity contribution in [3.63, 3.8) is 0 Å². The molecule has 1 aliphatic rings. The molecule has 0 saturated carbocycles. The number of hydrogen-bond donors (Lipinski definition) is 2. The van der Waals surface area contributed by atoms with Gasteiger partial charge in [0.1, 0.15) is 17.1 Å². The number of H-pyrrole nitrogens is 1. The largest absolute Gasteiger partial charge is 0.507 e. The van der Waals surface area contributed by atoms with Crippen LogP contribution in [0, 0.1) is 0 Å². The van der Waals surface area contributed by atoms with Gasteiger partial charge >= 0.3 is 0 Å². The average Bonchev–Trinajstić information content (AvgIpc) is 3.26. The van der Waals surface area contributed by atoms with Gasteiger partial charge in [0.2, 0.25) is 0 Å². The minimum absolute atomic E-state index is 0.107. The third-order valence-electron chi connectivity index (χ3n) is 5.48. The van der Waals surface area contributed by atoms with Crippen LogP contribution in [0.5, 0.6) is 5.75 Å². The summed E-state index contributed by atoms with van der Waals surface area (Å²) in [5.41, 5.74) is 4.73. The summed E-state index contributed by atoms with van der Waals surface area (Å²) in [6, 6.07) is 15.1. The second kappa shape index (κ2) is 7.72. The number of phenolic OH excluding ortho intramolecular Hbond substituents is 1. The number of methoxy groups -OCH3 is 1. The number of carbonyl (C=O) groups is 1. The number of aromatic nitrogens is 2. The summed E-state index contributed by atoms with van der Waals surface area (Å²) >= 11 is 0. The third kappa shape index (κ3) is 3.29. The molecule has 0 saturated heterocycles. The summed E-state index contributed by atoms with van der Waals surface area (Å²) in [6.45, 7) is 5.22. The average molecular weight is 391 g/mol. The van der Waals surface area contributed by atoms with E-state index in [-0.39, 0.29) is 17.7 Å². The summed E-state index contributed by atoms with van der Waals surface area (Å²) < 4.78 is 5.24. The molecule has 1 amide bonds. The van der Waals surface area contributed by atoms with Crippen LogP contribution in [0.1, 0.15) is 53.0 Å². The van der Waals surface area contributed by atoms with Gasteiger partial charge in [-0.3, -0.25) is 9.89 Å². The molecule has 4 rings (SSSR count). The number of rotatable bonds is 6. The fourth-order valence-electron chi connectivity index (χ4n) is 3.91. The predicted molar refractivity (Wildman–Crippen MR) is 111 cm³/mol. The maximum absolute atomic E-state index is 13.1. The van der Waals surface area contributed by atoms with Crippen molar-refractivity contribution < 1.29 is 14.6 Å². The molecule has 1 aliphatic heterocycles. The fraction of sp³-hybridized carbons (Fsp3) is 0.304. The summed E-state index contributed by atoms with van der Waals surface area (Å²) in [7, 11) is 1.63. The van der Waals surface area contributed by atoms with Crippen LogP contribution >= 0.6 is 0 Å². The van der Waals surface area contributed by atoms with Crippen LogP contribution in [0.4, 0.5) is 0 Å². The third-order valence-corrected chi connectivity index (χ3v) is 5.48. The van der Waals surface area contributed by atoms with E-state index in [9.17, 15) is 9.90 Å². The van der Waals surface area contributed by atoms with Gasteiger partial charge in [0.05, 0.1) is 12.6 Å². The molecule has 3 aromatic rings. The number of aromatic hydroxyl groups is 1. The van der Waals surface area contributed by atoms with E-state index < -0.39 is 0 Å².